The molecule has 0 spiro atoms. The third kappa shape index (κ3) is 3.56. The minimum Gasteiger partial charge on any atom is -0.212 e. The number of hydrogen-bond donors (Lipinski definition) is 0. The molecule has 5 nitrogen and oxygen atoms in total. The third-order valence-corrected chi connectivity index (χ3v) is 4.30. The Morgan fingerprint density at radius 1 is 1.22 bits per heavy atom. The van der Waals surface area contributed by atoms with Crippen LogP contribution in [0.5, 0.6) is 0 Å². The molecule has 0 aliphatic heterocycles. The number of benzene rings is 1. The molecule has 0 aliphatic carbocycles. The van der Waals surface area contributed by atoms with Crippen molar-refractivity contribution in [3.05, 3.63) is 35.4 Å². The van der Waals surface area contributed by atoms with Gasteiger partial charge < -0.3 is 0 Å². The Kier molecular flexibility index (Phi) is 4.85. The van der Waals surface area contributed by atoms with E-state index in [0.29, 0.717) is 11.1 Å². The first kappa shape index (κ1) is 14.2. The van der Waals surface area contributed by atoms with Gasteiger partial charge in [0.05, 0.1) is 23.5 Å². The van der Waals surface area contributed by atoms with E-state index in [0.717, 1.165) is 4.31 Å². The quantitative estimate of drug-likeness (QED) is 0.748. The number of hydrogen-bond acceptors (Lipinski definition) is 4. The molecule has 0 aromatic heterocycles. The molecule has 0 unspecified atom stereocenters. The van der Waals surface area contributed by atoms with E-state index in [9.17, 15) is 8.42 Å². The molecule has 1 aromatic carbocycles. The van der Waals surface area contributed by atoms with E-state index < -0.39 is 10.0 Å². The maximum atomic E-state index is 12.0. The van der Waals surface area contributed by atoms with Gasteiger partial charge in [-0.25, -0.2) is 8.42 Å². The normalized spacial score (nSPS) is 10.9. The zero-order valence-electron chi connectivity index (χ0n) is 10.00. The fourth-order valence-electron chi connectivity index (χ4n) is 1.46. The predicted octanol–water partition coefficient (Wildman–Crippen LogP) is 1.23. The van der Waals surface area contributed by atoms with Crippen LogP contribution in [0.4, 0.5) is 0 Å². The Hall–Kier alpha value is -1.89. The van der Waals surface area contributed by atoms with Gasteiger partial charge in [0.15, 0.2) is 0 Å². The van der Waals surface area contributed by atoms with Gasteiger partial charge in [-0.2, -0.15) is 14.8 Å². The van der Waals surface area contributed by atoms with Crippen LogP contribution >= 0.6 is 0 Å². The Labute approximate surface area is 107 Å². The van der Waals surface area contributed by atoms with Gasteiger partial charge >= 0.3 is 0 Å². The summed E-state index contributed by atoms with van der Waals surface area (Å²) in [6, 6.07) is 10.2. The van der Waals surface area contributed by atoms with Crippen molar-refractivity contribution < 1.29 is 8.42 Å². The lowest BCUT2D eigenvalue weighted by atomic mass is 10.2. The van der Waals surface area contributed by atoms with Gasteiger partial charge in [-0.1, -0.05) is 19.1 Å². The van der Waals surface area contributed by atoms with Crippen molar-refractivity contribution in [1.82, 2.24) is 4.31 Å². The molecule has 0 saturated carbocycles. The second-order valence-corrected chi connectivity index (χ2v) is 5.62. The van der Waals surface area contributed by atoms with E-state index in [1.54, 1.807) is 31.2 Å². The fraction of sp³-hybridized carbons (Fsp3) is 0.333. The number of sulfonamides is 1. The molecule has 0 atom stereocenters. The summed E-state index contributed by atoms with van der Waals surface area (Å²) in [6.07, 6.45) is 0. The second kappa shape index (κ2) is 6.15. The van der Waals surface area contributed by atoms with E-state index in [1.807, 2.05) is 12.1 Å². The van der Waals surface area contributed by atoms with Gasteiger partial charge in [-0.3, -0.25) is 0 Å². The van der Waals surface area contributed by atoms with Crippen LogP contribution in [-0.4, -0.2) is 25.8 Å². The van der Waals surface area contributed by atoms with Crippen molar-refractivity contribution in [3.8, 4) is 12.1 Å². The predicted molar refractivity (Wildman–Crippen MR) is 66.6 cm³/mol. The molecule has 18 heavy (non-hydrogen) atoms. The first-order valence-corrected chi connectivity index (χ1v) is 6.98. The molecule has 94 valence electrons. The molecule has 1 rings (SSSR count). The highest BCUT2D eigenvalue weighted by molar-refractivity contribution is 7.88. The van der Waals surface area contributed by atoms with Gasteiger partial charge in [0.25, 0.3) is 0 Å². The Balaban J connectivity index is 2.88. The number of rotatable bonds is 5. The molecular formula is C12H13N3O2S. The lowest BCUT2D eigenvalue weighted by Gasteiger charge is -2.16. The minimum atomic E-state index is -3.48. The average Bonchev–Trinajstić information content (AvgIpc) is 2.36. The summed E-state index contributed by atoms with van der Waals surface area (Å²) in [5.74, 6) is -0.159. The molecule has 0 saturated heterocycles. The van der Waals surface area contributed by atoms with Gasteiger partial charge in [-0.05, 0) is 17.7 Å². The molecular weight excluding hydrogens is 250 g/mol. The zero-order chi connectivity index (χ0) is 13.6. The summed E-state index contributed by atoms with van der Waals surface area (Å²) in [7, 11) is -3.48. The molecule has 0 radical (unpaired) electrons. The maximum absolute atomic E-state index is 12.0. The molecule has 0 bridgehead atoms. The van der Waals surface area contributed by atoms with Gasteiger partial charge in [0, 0.05) is 6.54 Å². The maximum Gasteiger partial charge on any atom is 0.219 e. The lowest BCUT2D eigenvalue weighted by molar-refractivity contribution is 0.462. The van der Waals surface area contributed by atoms with E-state index in [1.165, 1.54) is 0 Å². The van der Waals surface area contributed by atoms with Crippen molar-refractivity contribution >= 4 is 10.0 Å². The Morgan fingerprint density at radius 2 is 1.83 bits per heavy atom. The molecule has 6 heteroatoms. The van der Waals surface area contributed by atoms with Crippen molar-refractivity contribution in [2.45, 2.75) is 12.7 Å². The second-order valence-electron chi connectivity index (χ2n) is 3.65. The smallest absolute Gasteiger partial charge is 0.212 e. The SMILES string of the molecule is CCN(CC#N)S(=O)(=O)Cc1ccc(C#N)cc1. The van der Waals surface area contributed by atoms with Crippen molar-refractivity contribution in [1.29, 1.82) is 10.5 Å². The van der Waals surface area contributed by atoms with Gasteiger partial charge in [0.1, 0.15) is 6.54 Å². The monoisotopic (exact) mass is 263 g/mol. The summed E-state index contributed by atoms with van der Waals surface area (Å²) < 4.78 is 25.1. The number of nitriles is 2. The first-order valence-electron chi connectivity index (χ1n) is 5.37. The van der Waals surface area contributed by atoms with E-state index in [2.05, 4.69) is 0 Å². The van der Waals surface area contributed by atoms with Crippen LogP contribution in [0.15, 0.2) is 24.3 Å². The van der Waals surface area contributed by atoms with Crippen molar-refractivity contribution in [2.24, 2.45) is 0 Å². The molecule has 0 heterocycles. The van der Waals surface area contributed by atoms with Gasteiger partial charge in [-0.15, -0.1) is 0 Å². The summed E-state index contributed by atoms with van der Waals surface area (Å²) in [6.45, 7) is 1.81. The highest BCUT2D eigenvalue weighted by atomic mass is 32.2. The zero-order valence-corrected chi connectivity index (χ0v) is 10.8. The summed E-state index contributed by atoms with van der Waals surface area (Å²) in [5, 5.41) is 17.2. The van der Waals surface area contributed by atoms with E-state index >= 15 is 0 Å². The van der Waals surface area contributed by atoms with E-state index in [-0.39, 0.29) is 18.8 Å². The van der Waals surface area contributed by atoms with Crippen LogP contribution in [0.3, 0.4) is 0 Å². The molecule has 0 fully saturated rings. The highest BCUT2D eigenvalue weighted by Crippen LogP contribution is 2.11. The first-order chi connectivity index (χ1) is 8.53. The standard InChI is InChI=1S/C12H13N3O2S/c1-2-15(8-7-13)18(16,17)10-12-5-3-11(9-14)4-6-12/h3-6H,2,8,10H2,1H3. The minimum absolute atomic E-state index is 0.144. The number of nitrogens with zero attached hydrogens (tertiary/aromatic N) is 3. The highest BCUT2D eigenvalue weighted by Gasteiger charge is 2.20. The molecule has 0 N–H and O–H groups in total. The van der Waals surface area contributed by atoms with Crippen LogP contribution in [0.2, 0.25) is 0 Å². The van der Waals surface area contributed by atoms with E-state index in [4.69, 9.17) is 10.5 Å². The summed E-state index contributed by atoms with van der Waals surface area (Å²) >= 11 is 0. The summed E-state index contributed by atoms with van der Waals surface area (Å²) in [5.41, 5.74) is 1.09. The largest absolute Gasteiger partial charge is 0.219 e. The summed E-state index contributed by atoms with van der Waals surface area (Å²) in [4.78, 5) is 0. The van der Waals surface area contributed by atoms with Crippen LogP contribution < -0.4 is 0 Å². The van der Waals surface area contributed by atoms with Crippen LogP contribution in [0.25, 0.3) is 0 Å². The lowest BCUT2D eigenvalue weighted by Crippen LogP contribution is -2.32. The topological polar surface area (TPSA) is 85.0 Å². The molecule has 0 amide bonds. The Morgan fingerprint density at radius 3 is 2.28 bits per heavy atom. The molecule has 0 aliphatic rings. The van der Waals surface area contributed by atoms with Crippen LogP contribution in [0, 0.1) is 22.7 Å². The van der Waals surface area contributed by atoms with Crippen molar-refractivity contribution in [2.75, 3.05) is 13.1 Å². The van der Waals surface area contributed by atoms with Crippen LogP contribution in [0.1, 0.15) is 18.1 Å². The fourth-order valence-corrected chi connectivity index (χ4v) is 2.91. The van der Waals surface area contributed by atoms with Crippen molar-refractivity contribution in [3.63, 3.8) is 0 Å². The Bertz CT molecular complexity index is 579. The van der Waals surface area contributed by atoms with Gasteiger partial charge in [0.2, 0.25) is 10.0 Å². The third-order valence-electron chi connectivity index (χ3n) is 2.43. The van der Waals surface area contributed by atoms with Crippen LogP contribution in [-0.2, 0) is 15.8 Å². The molecule has 1 aromatic rings. The average molecular weight is 263 g/mol.